The van der Waals surface area contributed by atoms with Gasteiger partial charge in [-0.3, -0.25) is 9.59 Å². The monoisotopic (exact) mass is 390 g/mol. The minimum Gasteiger partial charge on any atom is -0.459 e. The molecule has 1 aromatic heterocycles. The summed E-state index contributed by atoms with van der Waals surface area (Å²) < 4.78 is 11.1. The van der Waals surface area contributed by atoms with Gasteiger partial charge in [-0.1, -0.05) is 24.3 Å². The van der Waals surface area contributed by atoms with Gasteiger partial charge in [0.05, 0.1) is 6.26 Å². The summed E-state index contributed by atoms with van der Waals surface area (Å²) in [6.07, 6.45) is 3.86. The summed E-state index contributed by atoms with van der Waals surface area (Å²) in [5.41, 5.74) is 0.624. The number of amides is 2. The zero-order chi connectivity index (χ0) is 20.1. The molecular weight excluding hydrogens is 368 g/mol. The van der Waals surface area contributed by atoms with Gasteiger partial charge in [0.2, 0.25) is 5.91 Å². The fraction of sp³-hybridized carbons (Fsp3) is 0.217. The molecule has 0 spiro atoms. The highest BCUT2D eigenvalue weighted by atomic mass is 16.5. The van der Waals surface area contributed by atoms with E-state index in [1.807, 2.05) is 42.5 Å². The number of furan rings is 1. The first-order valence-corrected chi connectivity index (χ1v) is 9.69. The first-order valence-electron chi connectivity index (χ1n) is 9.69. The van der Waals surface area contributed by atoms with Gasteiger partial charge in [0.25, 0.3) is 5.91 Å². The minimum absolute atomic E-state index is 0.207. The van der Waals surface area contributed by atoms with Crippen molar-refractivity contribution in [1.29, 1.82) is 0 Å². The molecule has 1 unspecified atom stereocenters. The third kappa shape index (κ3) is 4.48. The molecule has 0 radical (unpaired) electrons. The maximum Gasteiger partial charge on any atom is 0.290 e. The van der Waals surface area contributed by atoms with E-state index in [9.17, 15) is 9.59 Å². The second kappa shape index (κ2) is 8.65. The number of hydrogen-bond donors (Lipinski definition) is 1. The van der Waals surface area contributed by atoms with Crippen LogP contribution in [0.5, 0.6) is 11.5 Å². The third-order valence-electron chi connectivity index (χ3n) is 4.88. The van der Waals surface area contributed by atoms with Crippen LogP contribution < -0.4 is 10.1 Å². The molecule has 3 aromatic rings. The van der Waals surface area contributed by atoms with Gasteiger partial charge < -0.3 is 19.4 Å². The Morgan fingerprint density at radius 1 is 0.966 bits per heavy atom. The van der Waals surface area contributed by atoms with Crippen molar-refractivity contribution in [2.45, 2.75) is 25.3 Å². The van der Waals surface area contributed by atoms with Crippen LogP contribution in [0.2, 0.25) is 0 Å². The van der Waals surface area contributed by atoms with Crippen LogP contribution >= 0.6 is 0 Å². The number of nitrogens with zero attached hydrogens (tertiary/aromatic N) is 1. The molecule has 1 N–H and O–H groups in total. The van der Waals surface area contributed by atoms with Gasteiger partial charge in [-0.2, -0.15) is 0 Å². The molecule has 2 aromatic carbocycles. The van der Waals surface area contributed by atoms with Crippen molar-refractivity contribution in [1.82, 2.24) is 4.90 Å². The first-order chi connectivity index (χ1) is 14.2. The summed E-state index contributed by atoms with van der Waals surface area (Å²) in [5.74, 6) is 1.14. The zero-order valence-electron chi connectivity index (χ0n) is 15.9. The van der Waals surface area contributed by atoms with Gasteiger partial charge in [-0.05, 0) is 55.7 Å². The van der Waals surface area contributed by atoms with Crippen LogP contribution in [0.1, 0.15) is 29.8 Å². The minimum atomic E-state index is -0.528. The topological polar surface area (TPSA) is 71.8 Å². The Morgan fingerprint density at radius 2 is 1.79 bits per heavy atom. The summed E-state index contributed by atoms with van der Waals surface area (Å²) in [5, 5.41) is 2.92. The Labute approximate surface area is 169 Å². The van der Waals surface area contributed by atoms with E-state index in [0.29, 0.717) is 24.4 Å². The molecule has 4 rings (SSSR count). The number of rotatable bonds is 5. The standard InChI is InChI=1S/C23H22N2O4/c26-22(20-12-4-5-14-25(20)23(27)21-13-7-15-28-21)24-17-8-6-11-19(16-17)29-18-9-2-1-3-10-18/h1-3,6-11,13,15-16,20H,4-5,12,14H2,(H,24,26). The van der Waals surface area contributed by atoms with Crippen molar-refractivity contribution in [3.63, 3.8) is 0 Å². The van der Waals surface area contributed by atoms with Gasteiger partial charge in [0, 0.05) is 18.3 Å². The third-order valence-corrected chi connectivity index (χ3v) is 4.88. The molecular formula is C23H22N2O4. The summed E-state index contributed by atoms with van der Waals surface area (Å²) in [4.78, 5) is 27.3. The molecule has 6 nitrogen and oxygen atoms in total. The van der Waals surface area contributed by atoms with Crippen LogP contribution in [0, 0.1) is 0 Å². The number of hydrogen-bond acceptors (Lipinski definition) is 4. The first kappa shape index (κ1) is 18.8. The average Bonchev–Trinajstić information content (AvgIpc) is 3.29. The van der Waals surface area contributed by atoms with E-state index in [-0.39, 0.29) is 17.6 Å². The number of carbonyl (C=O) groups excluding carboxylic acids is 2. The van der Waals surface area contributed by atoms with Crippen molar-refractivity contribution in [3.05, 3.63) is 78.8 Å². The quantitative estimate of drug-likeness (QED) is 0.685. The van der Waals surface area contributed by atoms with Gasteiger partial charge in [-0.25, -0.2) is 0 Å². The summed E-state index contributed by atoms with van der Waals surface area (Å²) in [7, 11) is 0. The molecule has 148 valence electrons. The molecule has 6 heteroatoms. The van der Waals surface area contributed by atoms with Crippen molar-refractivity contribution < 1.29 is 18.7 Å². The lowest BCUT2D eigenvalue weighted by Crippen LogP contribution is -2.49. The number of benzene rings is 2. The van der Waals surface area contributed by atoms with Crippen LogP contribution in [-0.4, -0.2) is 29.3 Å². The number of carbonyl (C=O) groups is 2. The maximum atomic E-state index is 12.9. The van der Waals surface area contributed by atoms with Crippen molar-refractivity contribution in [2.75, 3.05) is 11.9 Å². The van der Waals surface area contributed by atoms with E-state index in [2.05, 4.69) is 5.32 Å². The molecule has 29 heavy (non-hydrogen) atoms. The fourth-order valence-corrected chi connectivity index (χ4v) is 3.48. The van der Waals surface area contributed by atoms with Gasteiger partial charge in [0.15, 0.2) is 5.76 Å². The van der Waals surface area contributed by atoms with Crippen LogP contribution in [0.4, 0.5) is 5.69 Å². The number of nitrogens with one attached hydrogen (secondary N) is 1. The van der Waals surface area contributed by atoms with Crippen LogP contribution in [0.25, 0.3) is 0 Å². The Kier molecular flexibility index (Phi) is 5.61. The lowest BCUT2D eigenvalue weighted by Gasteiger charge is -2.34. The predicted molar refractivity (Wildman–Crippen MR) is 109 cm³/mol. The molecule has 0 saturated carbocycles. The van der Waals surface area contributed by atoms with Crippen molar-refractivity contribution in [3.8, 4) is 11.5 Å². The number of piperidine rings is 1. The lowest BCUT2D eigenvalue weighted by molar-refractivity contribution is -0.121. The zero-order valence-corrected chi connectivity index (χ0v) is 15.9. The predicted octanol–water partition coefficient (Wildman–Crippen LogP) is 4.71. The van der Waals surface area contributed by atoms with E-state index in [0.717, 1.165) is 18.6 Å². The molecule has 1 fully saturated rings. The van der Waals surface area contributed by atoms with Crippen LogP contribution in [-0.2, 0) is 4.79 Å². The highest BCUT2D eigenvalue weighted by Crippen LogP contribution is 2.25. The second-order valence-electron chi connectivity index (χ2n) is 6.92. The van der Waals surface area contributed by atoms with E-state index < -0.39 is 6.04 Å². The number of anilines is 1. The second-order valence-corrected chi connectivity index (χ2v) is 6.92. The van der Waals surface area contributed by atoms with Crippen molar-refractivity contribution in [2.24, 2.45) is 0 Å². The van der Waals surface area contributed by atoms with E-state index in [4.69, 9.17) is 9.15 Å². The molecule has 1 atom stereocenters. The summed E-state index contributed by atoms with van der Waals surface area (Å²) in [6, 6.07) is 19.4. The van der Waals surface area contributed by atoms with Gasteiger partial charge in [-0.15, -0.1) is 0 Å². The normalized spacial score (nSPS) is 16.3. The lowest BCUT2D eigenvalue weighted by atomic mass is 10.0. The summed E-state index contributed by atoms with van der Waals surface area (Å²) in [6.45, 7) is 0.536. The highest BCUT2D eigenvalue weighted by Gasteiger charge is 2.33. The molecule has 1 aliphatic rings. The Bertz CT molecular complexity index is 970. The Morgan fingerprint density at radius 3 is 2.59 bits per heavy atom. The Hall–Kier alpha value is -3.54. The van der Waals surface area contributed by atoms with Gasteiger partial charge >= 0.3 is 0 Å². The van der Waals surface area contributed by atoms with E-state index >= 15 is 0 Å². The number of ether oxygens (including phenoxy) is 1. The number of likely N-dealkylation sites (tertiary alicyclic amines) is 1. The Balaban J connectivity index is 1.46. The summed E-state index contributed by atoms with van der Waals surface area (Å²) >= 11 is 0. The fourth-order valence-electron chi connectivity index (χ4n) is 3.48. The maximum absolute atomic E-state index is 12.9. The molecule has 1 saturated heterocycles. The van der Waals surface area contributed by atoms with Gasteiger partial charge in [0.1, 0.15) is 17.5 Å². The average molecular weight is 390 g/mol. The SMILES string of the molecule is O=C(Nc1cccc(Oc2ccccc2)c1)C1CCCCN1C(=O)c1ccco1. The molecule has 0 aliphatic carbocycles. The molecule has 2 amide bonds. The molecule has 1 aliphatic heterocycles. The van der Waals surface area contributed by atoms with Crippen LogP contribution in [0.15, 0.2) is 77.4 Å². The largest absolute Gasteiger partial charge is 0.459 e. The molecule has 0 bridgehead atoms. The van der Waals surface area contributed by atoms with E-state index in [1.165, 1.54) is 6.26 Å². The van der Waals surface area contributed by atoms with Crippen LogP contribution in [0.3, 0.4) is 0 Å². The van der Waals surface area contributed by atoms with E-state index in [1.54, 1.807) is 29.2 Å². The van der Waals surface area contributed by atoms with Crippen molar-refractivity contribution >= 4 is 17.5 Å². The number of para-hydroxylation sites is 1. The smallest absolute Gasteiger partial charge is 0.290 e. The highest BCUT2D eigenvalue weighted by molar-refractivity contribution is 6.00. The molecule has 2 heterocycles.